The second-order valence-electron chi connectivity index (χ2n) is 8.14. The van der Waals surface area contributed by atoms with Gasteiger partial charge >= 0.3 is 5.97 Å². The smallest absolute Gasteiger partial charge is 0.338 e. The Labute approximate surface area is 168 Å². The Morgan fingerprint density at radius 2 is 2.00 bits per heavy atom. The highest BCUT2D eigenvalue weighted by atomic mass is 32.2. The van der Waals surface area contributed by atoms with Crippen molar-refractivity contribution in [3.05, 3.63) is 22.3 Å². The molecule has 2 rings (SSSR count). The maximum atomic E-state index is 12.0. The van der Waals surface area contributed by atoms with E-state index in [1.165, 1.54) is 0 Å². The van der Waals surface area contributed by atoms with Crippen molar-refractivity contribution < 1.29 is 14.6 Å². The highest BCUT2D eigenvalue weighted by Crippen LogP contribution is 2.37. The van der Waals surface area contributed by atoms with E-state index < -0.39 is 5.97 Å². The van der Waals surface area contributed by atoms with E-state index in [0.29, 0.717) is 11.0 Å². The second-order valence-corrected chi connectivity index (χ2v) is 9.40. The fourth-order valence-electron chi connectivity index (χ4n) is 3.66. The third kappa shape index (κ3) is 5.75. The number of aliphatic carboxylic acids is 1. The zero-order valence-corrected chi connectivity index (χ0v) is 18.4. The Morgan fingerprint density at radius 1 is 1.33 bits per heavy atom. The highest BCUT2D eigenvalue weighted by molar-refractivity contribution is 8.03. The number of thioether (sulfide) groups is 1. The second kappa shape index (κ2) is 9.99. The molecule has 0 bridgehead atoms. The van der Waals surface area contributed by atoms with Gasteiger partial charge in [-0.3, -0.25) is 4.90 Å². The standard InChI is InChI=1S/C21H36N2O3S/c1-6-21(4,5)9-8-10-23-17(22-11-13-26-14-12-22)15-16(3)18(20(24)25)19(23)27-7-2/h15,17H,6-14H2,1-5H3,(H,24,25). The number of hydrogen-bond acceptors (Lipinski definition) is 5. The fourth-order valence-corrected chi connectivity index (χ4v) is 4.70. The lowest BCUT2D eigenvalue weighted by Crippen LogP contribution is -2.52. The quantitative estimate of drug-likeness (QED) is 0.631. The number of hydrogen-bond donors (Lipinski definition) is 1. The largest absolute Gasteiger partial charge is 0.478 e. The minimum absolute atomic E-state index is 0.121. The maximum absolute atomic E-state index is 12.0. The van der Waals surface area contributed by atoms with Crippen LogP contribution in [-0.4, -0.2) is 65.6 Å². The van der Waals surface area contributed by atoms with Crippen molar-refractivity contribution in [2.24, 2.45) is 5.41 Å². The van der Waals surface area contributed by atoms with E-state index >= 15 is 0 Å². The molecular formula is C21H36N2O3S. The Bertz CT molecular complexity index is 580. The van der Waals surface area contributed by atoms with Gasteiger partial charge in [0.2, 0.25) is 0 Å². The summed E-state index contributed by atoms with van der Waals surface area (Å²) in [7, 11) is 0. The summed E-state index contributed by atoms with van der Waals surface area (Å²) < 4.78 is 5.53. The van der Waals surface area contributed by atoms with Gasteiger partial charge in [-0.2, -0.15) is 0 Å². The molecule has 0 saturated carbocycles. The summed E-state index contributed by atoms with van der Waals surface area (Å²) in [4.78, 5) is 16.7. The normalized spacial score (nSPS) is 22.2. The summed E-state index contributed by atoms with van der Waals surface area (Å²) in [6.45, 7) is 15.0. The van der Waals surface area contributed by atoms with Crippen LogP contribution in [0.2, 0.25) is 0 Å². The van der Waals surface area contributed by atoms with Crippen LogP contribution in [0.3, 0.4) is 0 Å². The van der Waals surface area contributed by atoms with E-state index in [2.05, 4.69) is 43.6 Å². The van der Waals surface area contributed by atoms with Crippen molar-refractivity contribution >= 4 is 17.7 Å². The number of nitrogens with zero attached hydrogens (tertiary/aromatic N) is 2. The first-order valence-electron chi connectivity index (χ1n) is 10.2. The zero-order valence-electron chi connectivity index (χ0n) is 17.6. The lowest BCUT2D eigenvalue weighted by Gasteiger charge is -2.45. The summed E-state index contributed by atoms with van der Waals surface area (Å²) in [5, 5.41) is 10.8. The van der Waals surface area contributed by atoms with Gasteiger partial charge in [0.1, 0.15) is 6.17 Å². The van der Waals surface area contributed by atoms with E-state index in [1.807, 2.05) is 6.92 Å². The van der Waals surface area contributed by atoms with Crippen LogP contribution in [0.1, 0.15) is 53.9 Å². The van der Waals surface area contributed by atoms with Gasteiger partial charge in [0.25, 0.3) is 0 Å². The van der Waals surface area contributed by atoms with E-state index in [0.717, 1.165) is 68.5 Å². The molecule has 1 unspecified atom stereocenters. The number of morpholine rings is 1. The third-order valence-electron chi connectivity index (χ3n) is 5.71. The molecule has 0 radical (unpaired) electrons. The Balaban J connectivity index is 2.30. The van der Waals surface area contributed by atoms with Crippen molar-refractivity contribution in [2.75, 3.05) is 38.6 Å². The van der Waals surface area contributed by atoms with Crippen LogP contribution in [-0.2, 0) is 9.53 Å². The molecule has 0 aliphatic carbocycles. The van der Waals surface area contributed by atoms with Crippen molar-refractivity contribution in [2.45, 2.75) is 60.0 Å². The van der Waals surface area contributed by atoms with E-state index in [4.69, 9.17) is 4.74 Å². The number of carbonyl (C=O) groups is 1. The minimum Gasteiger partial charge on any atom is -0.478 e. The first-order valence-corrected chi connectivity index (χ1v) is 11.2. The van der Waals surface area contributed by atoms with Gasteiger partial charge < -0.3 is 14.7 Å². The van der Waals surface area contributed by atoms with Crippen LogP contribution in [0.25, 0.3) is 0 Å². The van der Waals surface area contributed by atoms with E-state index in [9.17, 15) is 9.90 Å². The van der Waals surface area contributed by atoms with Gasteiger partial charge in [0.15, 0.2) is 0 Å². The molecule has 6 heteroatoms. The lowest BCUT2D eigenvalue weighted by atomic mass is 9.85. The summed E-state index contributed by atoms with van der Waals surface area (Å²) in [5.74, 6) is 0.0469. The predicted octanol–water partition coefficient (Wildman–Crippen LogP) is 4.17. The first kappa shape index (κ1) is 22.3. The van der Waals surface area contributed by atoms with E-state index in [1.54, 1.807) is 11.8 Å². The van der Waals surface area contributed by atoms with Crippen LogP contribution < -0.4 is 0 Å². The molecule has 5 nitrogen and oxygen atoms in total. The maximum Gasteiger partial charge on any atom is 0.338 e. The summed E-state index contributed by atoms with van der Waals surface area (Å²) in [5.41, 5.74) is 1.68. The third-order valence-corrected chi connectivity index (χ3v) is 6.71. The van der Waals surface area contributed by atoms with E-state index in [-0.39, 0.29) is 6.17 Å². The molecule has 27 heavy (non-hydrogen) atoms. The van der Waals surface area contributed by atoms with Gasteiger partial charge in [0.05, 0.1) is 23.8 Å². The summed E-state index contributed by atoms with van der Waals surface area (Å²) in [6, 6.07) is 0. The van der Waals surface area contributed by atoms with Crippen LogP contribution in [0.15, 0.2) is 22.3 Å². The van der Waals surface area contributed by atoms with Gasteiger partial charge in [-0.15, -0.1) is 11.8 Å². The Hall–Kier alpha value is -0.980. The lowest BCUT2D eigenvalue weighted by molar-refractivity contribution is -0.132. The molecule has 1 fully saturated rings. The molecule has 0 amide bonds. The number of carboxylic acid groups (broad SMARTS) is 1. The number of ether oxygens (including phenoxy) is 1. The summed E-state index contributed by atoms with van der Waals surface area (Å²) in [6.07, 6.45) is 5.63. The molecule has 1 saturated heterocycles. The monoisotopic (exact) mass is 396 g/mol. The van der Waals surface area contributed by atoms with Crippen molar-refractivity contribution in [1.29, 1.82) is 0 Å². The molecule has 0 aromatic carbocycles. The molecule has 0 aromatic heterocycles. The molecule has 154 valence electrons. The van der Waals surface area contributed by atoms with Gasteiger partial charge in [-0.1, -0.05) is 34.1 Å². The van der Waals surface area contributed by atoms with Gasteiger partial charge in [-0.25, -0.2) is 4.79 Å². The average Bonchev–Trinajstić information content (AvgIpc) is 2.63. The Morgan fingerprint density at radius 3 is 2.56 bits per heavy atom. The molecule has 1 atom stereocenters. The molecule has 2 heterocycles. The summed E-state index contributed by atoms with van der Waals surface area (Å²) >= 11 is 1.66. The van der Waals surface area contributed by atoms with Crippen LogP contribution in [0.5, 0.6) is 0 Å². The highest BCUT2D eigenvalue weighted by Gasteiger charge is 2.34. The topological polar surface area (TPSA) is 53.0 Å². The van der Waals surface area contributed by atoms with Crippen LogP contribution in [0.4, 0.5) is 0 Å². The molecule has 2 aliphatic rings. The molecular weight excluding hydrogens is 360 g/mol. The predicted molar refractivity (Wildman–Crippen MR) is 113 cm³/mol. The van der Waals surface area contributed by atoms with Gasteiger partial charge in [-0.05, 0) is 42.6 Å². The molecule has 1 N–H and O–H groups in total. The SMILES string of the molecule is CCSC1=C(C(=O)O)C(C)=CC(N2CCOCC2)N1CCCC(C)(C)CC. The first-order chi connectivity index (χ1) is 12.8. The van der Waals surface area contributed by atoms with Crippen molar-refractivity contribution in [3.8, 4) is 0 Å². The fraction of sp³-hybridized carbons (Fsp3) is 0.762. The molecule has 0 spiro atoms. The van der Waals surface area contributed by atoms with Crippen LogP contribution >= 0.6 is 11.8 Å². The average molecular weight is 397 g/mol. The van der Waals surface area contributed by atoms with Crippen molar-refractivity contribution in [1.82, 2.24) is 9.80 Å². The molecule has 2 aliphatic heterocycles. The Kier molecular flexibility index (Phi) is 8.25. The zero-order chi connectivity index (χ0) is 20.0. The van der Waals surface area contributed by atoms with Crippen molar-refractivity contribution in [3.63, 3.8) is 0 Å². The number of carboxylic acids is 1. The van der Waals surface area contributed by atoms with Gasteiger partial charge in [0, 0.05) is 19.6 Å². The van der Waals surface area contributed by atoms with Crippen LogP contribution in [0, 0.1) is 5.41 Å². The molecule has 0 aromatic rings. The minimum atomic E-state index is -0.820. The number of rotatable bonds is 9.